The van der Waals surface area contributed by atoms with Crippen LogP contribution in [-0.2, 0) is 4.79 Å². The van der Waals surface area contributed by atoms with E-state index in [0.717, 1.165) is 30.8 Å². The Labute approximate surface area is 130 Å². The quantitative estimate of drug-likeness (QED) is 0.898. The number of nitrogens with one attached hydrogen (secondary N) is 1. The predicted octanol–water partition coefficient (Wildman–Crippen LogP) is 2.47. The summed E-state index contributed by atoms with van der Waals surface area (Å²) < 4.78 is 0. The van der Waals surface area contributed by atoms with Crippen molar-refractivity contribution in [2.45, 2.75) is 37.7 Å². The zero-order valence-electron chi connectivity index (χ0n) is 12.5. The van der Waals surface area contributed by atoms with Gasteiger partial charge in [0.1, 0.15) is 0 Å². The number of hydrogen-bond donors (Lipinski definition) is 2. The van der Waals surface area contributed by atoms with E-state index >= 15 is 0 Å². The average molecular weight is 305 g/mol. The first-order chi connectivity index (χ1) is 10.1. The Morgan fingerprint density at radius 1 is 1.38 bits per heavy atom. The number of hydrogen-bond acceptors (Lipinski definition) is 3. The first-order valence-corrected chi connectivity index (χ1v) is 8.88. The smallest absolute Gasteiger partial charge is 0.223 e. The van der Waals surface area contributed by atoms with Crippen LogP contribution in [0.25, 0.3) is 0 Å². The molecule has 3 rings (SSSR count). The monoisotopic (exact) mass is 305 g/mol. The molecule has 1 saturated heterocycles. The summed E-state index contributed by atoms with van der Waals surface area (Å²) in [6, 6.07) is 8.30. The van der Waals surface area contributed by atoms with Crippen LogP contribution in [0.2, 0.25) is 0 Å². The van der Waals surface area contributed by atoms with Crippen LogP contribution in [-0.4, -0.2) is 34.7 Å². The molecule has 1 aromatic carbocycles. The van der Waals surface area contributed by atoms with E-state index < -0.39 is 5.60 Å². The van der Waals surface area contributed by atoms with E-state index in [0.29, 0.717) is 12.5 Å². The summed E-state index contributed by atoms with van der Waals surface area (Å²) in [5.41, 5.74) is 1.87. The summed E-state index contributed by atoms with van der Waals surface area (Å²) in [5, 5.41) is 13.4. The van der Waals surface area contributed by atoms with E-state index in [1.807, 2.05) is 23.9 Å². The van der Waals surface area contributed by atoms with Gasteiger partial charge in [0.05, 0.1) is 5.60 Å². The van der Waals surface area contributed by atoms with E-state index in [2.05, 4.69) is 24.4 Å². The molecule has 114 valence electrons. The maximum atomic E-state index is 12.3. The normalized spacial score (nSPS) is 27.1. The van der Waals surface area contributed by atoms with Gasteiger partial charge in [-0.3, -0.25) is 4.79 Å². The Kier molecular flexibility index (Phi) is 4.27. The second-order valence-corrected chi connectivity index (χ2v) is 7.58. The molecule has 2 aliphatic rings. The van der Waals surface area contributed by atoms with Gasteiger partial charge in [0, 0.05) is 12.5 Å². The van der Waals surface area contributed by atoms with Crippen molar-refractivity contribution in [3.8, 4) is 0 Å². The fourth-order valence-electron chi connectivity index (χ4n) is 3.14. The predicted molar refractivity (Wildman–Crippen MR) is 86.5 cm³/mol. The molecular formula is C17H23NO2S. The Balaban J connectivity index is 1.53. The number of aryl methyl sites for hydroxylation is 1. The van der Waals surface area contributed by atoms with E-state index in [9.17, 15) is 9.90 Å². The van der Waals surface area contributed by atoms with Crippen molar-refractivity contribution in [2.24, 2.45) is 5.92 Å². The van der Waals surface area contributed by atoms with Crippen molar-refractivity contribution in [3.05, 3.63) is 35.4 Å². The summed E-state index contributed by atoms with van der Waals surface area (Å²) in [7, 11) is 0. The molecule has 0 aromatic heterocycles. The average Bonchev–Trinajstić information content (AvgIpc) is 3.27. The molecule has 2 fully saturated rings. The van der Waals surface area contributed by atoms with Gasteiger partial charge in [0.15, 0.2) is 0 Å². The van der Waals surface area contributed by atoms with Crippen LogP contribution in [0.3, 0.4) is 0 Å². The molecular weight excluding hydrogens is 282 g/mol. The number of carbonyl (C=O) groups excluding carboxylic acids is 1. The van der Waals surface area contributed by atoms with Crippen LogP contribution in [0.4, 0.5) is 0 Å². The molecule has 0 spiro atoms. The Bertz CT molecular complexity index is 525. The summed E-state index contributed by atoms with van der Waals surface area (Å²) in [6.07, 6.45) is 2.50. The molecule has 3 nitrogen and oxygen atoms in total. The lowest BCUT2D eigenvalue weighted by molar-refractivity contribution is -0.123. The summed E-state index contributed by atoms with van der Waals surface area (Å²) in [4.78, 5) is 12.3. The van der Waals surface area contributed by atoms with Crippen LogP contribution in [0, 0.1) is 12.8 Å². The van der Waals surface area contributed by atoms with Gasteiger partial charge in [-0.15, -0.1) is 0 Å². The molecule has 1 saturated carbocycles. The number of benzene rings is 1. The molecule has 2 atom stereocenters. The Morgan fingerprint density at radius 2 is 2.10 bits per heavy atom. The molecule has 1 amide bonds. The van der Waals surface area contributed by atoms with Gasteiger partial charge in [-0.2, -0.15) is 11.8 Å². The van der Waals surface area contributed by atoms with Crippen molar-refractivity contribution >= 4 is 17.7 Å². The molecule has 1 aromatic rings. The third kappa shape index (κ3) is 3.43. The second-order valence-electron chi connectivity index (χ2n) is 6.36. The fourth-order valence-corrected chi connectivity index (χ4v) is 4.39. The van der Waals surface area contributed by atoms with Crippen LogP contribution in [0.1, 0.15) is 36.3 Å². The molecule has 2 N–H and O–H groups in total. The number of thioether (sulfide) groups is 1. The largest absolute Gasteiger partial charge is 0.388 e. The fraction of sp³-hybridized carbons (Fsp3) is 0.588. The van der Waals surface area contributed by atoms with Crippen molar-refractivity contribution in [1.82, 2.24) is 5.32 Å². The second kappa shape index (κ2) is 6.01. The van der Waals surface area contributed by atoms with E-state index in [-0.39, 0.29) is 11.8 Å². The lowest BCUT2D eigenvalue weighted by Gasteiger charge is -2.31. The van der Waals surface area contributed by atoms with E-state index in [1.165, 1.54) is 11.1 Å². The minimum absolute atomic E-state index is 0.0904. The summed E-state index contributed by atoms with van der Waals surface area (Å²) in [6.45, 7) is 2.51. The lowest BCUT2D eigenvalue weighted by Crippen LogP contribution is -2.45. The van der Waals surface area contributed by atoms with Gasteiger partial charge in [-0.25, -0.2) is 0 Å². The van der Waals surface area contributed by atoms with Gasteiger partial charge < -0.3 is 10.4 Å². The molecule has 1 aliphatic heterocycles. The van der Waals surface area contributed by atoms with Crippen LogP contribution in [0.15, 0.2) is 24.3 Å². The highest BCUT2D eigenvalue weighted by Crippen LogP contribution is 2.48. The van der Waals surface area contributed by atoms with Crippen molar-refractivity contribution in [2.75, 3.05) is 18.1 Å². The zero-order chi connectivity index (χ0) is 14.9. The zero-order valence-corrected chi connectivity index (χ0v) is 13.3. The molecule has 0 bridgehead atoms. The number of aliphatic hydroxyl groups is 1. The summed E-state index contributed by atoms with van der Waals surface area (Å²) >= 11 is 1.88. The van der Waals surface area contributed by atoms with Gasteiger partial charge in [0.2, 0.25) is 5.91 Å². The minimum Gasteiger partial charge on any atom is -0.388 e. The molecule has 0 unspecified atom stereocenters. The molecule has 1 aliphatic carbocycles. The van der Waals surface area contributed by atoms with Crippen LogP contribution >= 0.6 is 11.8 Å². The molecule has 4 heteroatoms. The highest BCUT2D eigenvalue weighted by Gasteiger charge is 2.45. The molecule has 0 radical (unpaired) electrons. The van der Waals surface area contributed by atoms with Gasteiger partial charge in [-0.1, -0.05) is 24.3 Å². The van der Waals surface area contributed by atoms with E-state index in [1.54, 1.807) is 0 Å². The SMILES string of the molecule is Cc1ccccc1[C@H]1C[C@@H]1C(=O)NCC1(O)CCSCC1. The standard InChI is InChI=1S/C17H23NO2S/c1-12-4-2-3-5-13(12)14-10-15(14)16(19)18-11-17(20)6-8-21-9-7-17/h2-5,14-15,20H,6-11H2,1H3,(H,18,19)/t14-,15+/m1/s1. The number of rotatable bonds is 4. The van der Waals surface area contributed by atoms with Crippen molar-refractivity contribution in [3.63, 3.8) is 0 Å². The number of amides is 1. The maximum Gasteiger partial charge on any atom is 0.223 e. The van der Waals surface area contributed by atoms with Crippen LogP contribution in [0.5, 0.6) is 0 Å². The maximum absolute atomic E-state index is 12.3. The Hall–Kier alpha value is -1.00. The minimum atomic E-state index is -0.687. The highest BCUT2D eigenvalue weighted by molar-refractivity contribution is 7.99. The molecule has 21 heavy (non-hydrogen) atoms. The highest BCUT2D eigenvalue weighted by atomic mass is 32.2. The first-order valence-electron chi connectivity index (χ1n) is 7.72. The first kappa shape index (κ1) is 14.9. The van der Waals surface area contributed by atoms with Gasteiger partial charge in [0.25, 0.3) is 0 Å². The molecule has 1 heterocycles. The lowest BCUT2D eigenvalue weighted by atomic mass is 9.96. The third-order valence-electron chi connectivity index (χ3n) is 4.73. The van der Waals surface area contributed by atoms with E-state index in [4.69, 9.17) is 0 Å². The summed E-state index contributed by atoms with van der Waals surface area (Å²) in [5.74, 6) is 2.54. The Morgan fingerprint density at radius 3 is 2.81 bits per heavy atom. The number of carbonyl (C=O) groups is 1. The van der Waals surface area contributed by atoms with Crippen molar-refractivity contribution < 1.29 is 9.90 Å². The van der Waals surface area contributed by atoms with Crippen LogP contribution < -0.4 is 5.32 Å². The third-order valence-corrected chi connectivity index (χ3v) is 5.72. The van der Waals surface area contributed by atoms with Gasteiger partial charge >= 0.3 is 0 Å². The van der Waals surface area contributed by atoms with Gasteiger partial charge in [-0.05, 0) is 54.7 Å². The van der Waals surface area contributed by atoms with Crippen molar-refractivity contribution in [1.29, 1.82) is 0 Å². The topological polar surface area (TPSA) is 49.3 Å².